The van der Waals surface area contributed by atoms with Crippen LogP contribution in [-0.4, -0.2) is 9.97 Å². The number of hydrogen-bond donors (Lipinski definition) is 0. The molecule has 7 rings (SSSR count). The SMILES string of the molecule is C1=Cc2nc1c1nc(c3[n-]c(c4ccccc34)c3[n-]c2c2ccccc23)C=C1.[Cu+2]. The Balaban J connectivity index is 0.00000165. The predicted molar refractivity (Wildman–Crippen MR) is 114 cm³/mol. The van der Waals surface area contributed by atoms with Gasteiger partial charge in [-0.15, -0.1) is 22.1 Å². The summed E-state index contributed by atoms with van der Waals surface area (Å²) in [6.45, 7) is 0. The Kier molecular flexibility index (Phi) is 3.31. The summed E-state index contributed by atoms with van der Waals surface area (Å²) in [6.07, 6.45) is 8.09. The van der Waals surface area contributed by atoms with Gasteiger partial charge in [-0.3, -0.25) is 0 Å². The van der Waals surface area contributed by atoms with Gasteiger partial charge in [0.25, 0.3) is 0 Å². The van der Waals surface area contributed by atoms with Crippen LogP contribution in [0, 0.1) is 0 Å². The van der Waals surface area contributed by atoms with E-state index in [2.05, 4.69) is 36.4 Å². The fourth-order valence-electron chi connectivity index (χ4n) is 4.28. The topological polar surface area (TPSA) is 54.0 Å². The molecular formula is C24H12CuN4. The van der Waals surface area contributed by atoms with Gasteiger partial charge in [-0.05, 0) is 45.8 Å². The van der Waals surface area contributed by atoms with Crippen LogP contribution in [0.15, 0.2) is 48.5 Å². The van der Waals surface area contributed by atoms with Gasteiger partial charge in [0.1, 0.15) is 0 Å². The second kappa shape index (κ2) is 5.80. The molecule has 5 heterocycles. The zero-order chi connectivity index (χ0) is 18.2. The molecule has 0 saturated carbocycles. The molecule has 0 spiro atoms. The Labute approximate surface area is 176 Å². The van der Waals surface area contributed by atoms with Crippen LogP contribution in [0.4, 0.5) is 0 Å². The van der Waals surface area contributed by atoms with E-state index in [1.165, 1.54) is 0 Å². The van der Waals surface area contributed by atoms with Crippen LogP contribution in [0.5, 0.6) is 0 Å². The first kappa shape index (κ1) is 16.5. The maximum atomic E-state index is 5.04. The van der Waals surface area contributed by atoms with E-state index < -0.39 is 0 Å². The van der Waals surface area contributed by atoms with Crippen LogP contribution in [0.3, 0.4) is 0 Å². The number of nitrogens with zero attached hydrogens (tertiary/aromatic N) is 4. The van der Waals surface area contributed by atoms with Crippen molar-refractivity contribution in [2.75, 3.05) is 0 Å². The fourth-order valence-corrected chi connectivity index (χ4v) is 4.28. The molecule has 139 valence electrons. The minimum Gasteiger partial charge on any atom is -0.656 e. The minimum absolute atomic E-state index is 0. The van der Waals surface area contributed by atoms with E-state index >= 15 is 0 Å². The predicted octanol–water partition coefficient (Wildman–Crippen LogP) is 5.09. The molecule has 0 saturated heterocycles. The molecule has 0 N–H and O–H groups in total. The molecule has 2 aromatic carbocycles. The van der Waals surface area contributed by atoms with E-state index in [0.29, 0.717) is 0 Å². The van der Waals surface area contributed by atoms with Crippen LogP contribution in [0.1, 0.15) is 22.8 Å². The Morgan fingerprint density at radius 3 is 1.21 bits per heavy atom. The van der Waals surface area contributed by atoms with Crippen molar-refractivity contribution >= 4 is 67.9 Å². The molecule has 5 aromatic rings. The number of aromatic nitrogens is 4. The Bertz CT molecular complexity index is 1500. The summed E-state index contributed by atoms with van der Waals surface area (Å²) >= 11 is 0. The van der Waals surface area contributed by atoms with Gasteiger partial charge in [0.2, 0.25) is 0 Å². The summed E-state index contributed by atoms with van der Waals surface area (Å²) in [6, 6.07) is 16.7. The molecule has 0 aliphatic carbocycles. The summed E-state index contributed by atoms with van der Waals surface area (Å²) in [5.41, 5.74) is 7.10. The van der Waals surface area contributed by atoms with Crippen molar-refractivity contribution < 1.29 is 17.1 Å². The number of fused-ring (bicyclic) bond motifs is 18. The zero-order valence-electron chi connectivity index (χ0n) is 15.0. The third kappa shape index (κ3) is 2.14. The van der Waals surface area contributed by atoms with Crippen LogP contribution < -0.4 is 9.97 Å². The normalized spacial score (nSPS) is 13.0. The molecular weight excluding hydrogens is 408 g/mol. The van der Waals surface area contributed by atoms with Gasteiger partial charge >= 0.3 is 17.1 Å². The molecule has 1 radical (unpaired) electrons. The van der Waals surface area contributed by atoms with Crippen molar-refractivity contribution in [2.45, 2.75) is 0 Å². The number of rotatable bonds is 0. The van der Waals surface area contributed by atoms with Crippen molar-refractivity contribution in [1.82, 2.24) is 19.9 Å². The molecule has 29 heavy (non-hydrogen) atoms. The third-order valence-electron chi connectivity index (χ3n) is 5.57. The first-order chi connectivity index (χ1) is 13.9. The van der Waals surface area contributed by atoms with Crippen LogP contribution >= 0.6 is 0 Å². The van der Waals surface area contributed by atoms with Gasteiger partial charge in [-0.2, -0.15) is 0 Å². The van der Waals surface area contributed by atoms with E-state index in [-0.39, 0.29) is 17.1 Å². The van der Waals surface area contributed by atoms with E-state index in [4.69, 9.17) is 19.9 Å². The molecule has 2 aliphatic rings. The molecule has 0 atom stereocenters. The van der Waals surface area contributed by atoms with E-state index in [1.54, 1.807) is 0 Å². The second-order valence-corrected chi connectivity index (χ2v) is 7.14. The quantitative estimate of drug-likeness (QED) is 0.321. The molecule has 3 aromatic heterocycles. The maximum Gasteiger partial charge on any atom is 2.00 e. The summed E-state index contributed by atoms with van der Waals surface area (Å²) in [5, 5.41) is 4.41. The molecule has 2 aliphatic heterocycles. The summed E-state index contributed by atoms with van der Waals surface area (Å²) < 4.78 is 0. The summed E-state index contributed by atoms with van der Waals surface area (Å²) in [4.78, 5) is 19.7. The second-order valence-electron chi connectivity index (χ2n) is 7.14. The van der Waals surface area contributed by atoms with Gasteiger partial charge in [0.15, 0.2) is 0 Å². The average molecular weight is 420 g/mol. The van der Waals surface area contributed by atoms with E-state index in [1.807, 2.05) is 36.4 Å². The summed E-state index contributed by atoms with van der Waals surface area (Å²) in [5.74, 6) is 0. The molecule has 8 bridgehead atoms. The zero-order valence-corrected chi connectivity index (χ0v) is 16.0. The number of benzene rings is 2. The first-order valence-electron chi connectivity index (χ1n) is 9.26. The van der Waals surface area contributed by atoms with Gasteiger partial charge in [-0.25, -0.2) is 9.97 Å². The fraction of sp³-hybridized carbons (Fsp3) is 0. The van der Waals surface area contributed by atoms with Crippen molar-refractivity contribution in [3.8, 4) is 0 Å². The molecule has 0 fully saturated rings. The first-order valence-corrected chi connectivity index (χ1v) is 9.26. The van der Waals surface area contributed by atoms with Crippen molar-refractivity contribution in [2.24, 2.45) is 0 Å². The van der Waals surface area contributed by atoms with E-state index in [0.717, 1.165) is 66.4 Å². The number of hydrogen-bond acceptors (Lipinski definition) is 2. The molecule has 4 nitrogen and oxygen atoms in total. The van der Waals surface area contributed by atoms with Gasteiger partial charge in [-0.1, -0.05) is 48.5 Å². The summed E-state index contributed by atoms with van der Waals surface area (Å²) in [7, 11) is 0. The average Bonchev–Trinajstić information content (AvgIpc) is 3.49. The van der Waals surface area contributed by atoms with Gasteiger partial charge < -0.3 is 9.97 Å². The monoisotopic (exact) mass is 419 g/mol. The molecule has 0 unspecified atom stereocenters. The van der Waals surface area contributed by atoms with Crippen LogP contribution in [0.25, 0.3) is 67.9 Å². The Morgan fingerprint density at radius 2 is 0.793 bits per heavy atom. The smallest absolute Gasteiger partial charge is 0.656 e. The third-order valence-corrected chi connectivity index (χ3v) is 5.57. The van der Waals surface area contributed by atoms with E-state index in [9.17, 15) is 0 Å². The van der Waals surface area contributed by atoms with Gasteiger partial charge in [0.05, 0.1) is 11.4 Å². The van der Waals surface area contributed by atoms with Gasteiger partial charge in [0, 0.05) is 11.4 Å². The standard InChI is InChI=1S/C24H12N4.Cu/c1-3-7-15-13(5-1)21-19-11-9-17(25-19)18-10-12-20(26-18)22-14-6-2-4-8-16(14)24(28-22)23(15)27-21;/h1-12H;/q-2;+2. The molecule has 5 heteroatoms. The van der Waals surface area contributed by atoms with Crippen LogP contribution in [0.2, 0.25) is 0 Å². The largest absolute Gasteiger partial charge is 2.00 e. The Morgan fingerprint density at radius 1 is 0.448 bits per heavy atom. The maximum absolute atomic E-state index is 5.04. The van der Waals surface area contributed by atoms with Crippen molar-refractivity contribution in [3.63, 3.8) is 0 Å². The van der Waals surface area contributed by atoms with Crippen molar-refractivity contribution in [1.29, 1.82) is 0 Å². The Hall–Kier alpha value is -3.40. The minimum atomic E-state index is 0. The van der Waals surface area contributed by atoms with Crippen molar-refractivity contribution in [3.05, 3.63) is 71.3 Å². The molecule has 0 amide bonds. The van der Waals surface area contributed by atoms with Crippen LogP contribution in [-0.2, 0) is 17.1 Å².